The Kier molecular flexibility index (Phi) is 7.12. The Hall–Kier alpha value is -2.31. The fourth-order valence-corrected chi connectivity index (χ4v) is 3.51. The van der Waals surface area contributed by atoms with Gasteiger partial charge in [0.15, 0.2) is 5.96 Å². The Bertz CT molecular complexity index is 784. The number of piperazine rings is 1. The SMILES string of the molecule is CN=C(NCc1ccc(N2CCN(C)CC2)nc1)N(C)Cc1cccc(Cl)c1. The van der Waals surface area contributed by atoms with Gasteiger partial charge in [-0.1, -0.05) is 29.8 Å². The van der Waals surface area contributed by atoms with Crippen LogP contribution in [0.15, 0.2) is 47.6 Å². The molecule has 6 nitrogen and oxygen atoms in total. The van der Waals surface area contributed by atoms with Crippen LogP contribution in [-0.2, 0) is 13.1 Å². The molecule has 1 aliphatic heterocycles. The Morgan fingerprint density at radius 1 is 1.18 bits per heavy atom. The van der Waals surface area contributed by atoms with Gasteiger partial charge in [0.2, 0.25) is 0 Å². The first-order valence-corrected chi connectivity index (χ1v) is 9.97. The van der Waals surface area contributed by atoms with Crippen molar-refractivity contribution >= 4 is 23.4 Å². The van der Waals surface area contributed by atoms with Crippen LogP contribution in [0.1, 0.15) is 11.1 Å². The van der Waals surface area contributed by atoms with E-state index in [1.54, 1.807) is 7.05 Å². The predicted molar refractivity (Wildman–Crippen MR) is 117 cm³/mol. The summed E-state index contributed by atoms with van der Waals surface area (Å²) in [5, 5.41) is 4.16. The second kappa shape index (κ2) is 9.75. The Balaban J connectivity index is 1.53. The average molecular weight is 401 g/mol. The molecule has 1 fully saturated rings. The highest BCUT2D eigenvalue weighted by atomic mass is 35.5. The van der Waals surface area contributed by atoms with E-state index in [1.165, 1.54) is 0 Å². The zero-order chi connectivity index (χ0) is 19.9. The number of likely N-dealkylation sites (N-methyl/N-ethyl adjacent to an activating group) is 1. The van der Waals surface area contributed by atoms with E-state index in [4.69, 9.17) is 11.6 Å². The summed E-state index contributed by atoms with van der Waals surface area (Å²) in [5.41, 5.74) is 2.28. The van der Waals surface area contributed by atoms with Gasteiger partial charge in [0, 0.05) is 64.6 Å². The van der Waals surface area contributed by atoms with Crippen LogP contribution in [0.4, 0.5) is 5.82 Å². The summed E-state index contributed by atoms with van der Waals surface area (Å²) < 4.78 is 0. The number of pyridine rings is 1. The van der Waals surface area contributed by atoms with Crippen molar-refractivity contribution in [1.82, 2.24) is 20.1 Å². The third-order valence-corrected chi connectivity index (χ3v) is 5.20. The van der Waals surface area contributed by atoms with Crippen molar-refractivity contribution in [3.63, 3.8) is 0 Å². The molecule has 7 heteroatoms. The van der Waals surface area contributed by atoms with Crippen LogP contribution in [-0.4, -0.2) is 68.1 Å². The standard InChI is InChI=1S/C21H29ClN6/c1-23-21(27(3)16-17-5-4-6-19(22)13-17)25-15-18-7-8-20(24-14-18)28-11-9-26(2)10-12-28/h4-8,13-14H,9-12,15-16H2,1-3H3,(H,23,25). The number of rotatable bonds is 5. The van der Waals surface area contributed by atoms with Crippen LogP contribution in [0.2, 0.25) is 5.02 Å². The summed E-state index contributed by atoms with van der Waals surface area (Å²) in [7, 11) is 5.98. The van der Waals surface area contributed by atoms with Gasteiger partial charge in [-0.3, -0.25) is 4.99 Å². The molecule has 150 valence electrons. The van der Waals surface area contributed by atoms with Crippen molar-refractivity contribution in [2.24, 2.45) is 4.99 Å². The summed E-state index contributed by atoms with van der Waals surface area (Å²) >= 11 is 6.08. The lowest BCUT2D eigenvalue weighted by atomic mass is 10.2. The zero-order valence-electron chi connectivity index (χ0n) is 16.9. The van der Waals surface area contributed by atoms with E-state index in [9.17, 15) is 0 Å². The van der Waals surface area contributed by atoms with Gasteiger partial charge >= 0.3 is 0 Å². The van der Waals surface area contributed by atoms with E-state index in [0.717, 1.165) is 60.7 Å². The van der Waals surface area contributed by atoms with Gasteiger partial charge < -0.3 is 20.0 Å². The molecule has 0 saturated carbocycles. The Labute approximate surface area is 172 Å². The van der Waals surface area contributed by atoms with E-state index in [-0.39, 0.29) is 0 Å². The van der Waals surface area contributed by atoms with E-state index >= 15 is 0 Å². The fraction of sp³-hybridized carbons (Fsp3) is 0.429. The molecule has 0 radical (unpaired) electrons. The summed E-state index contributed by atoms with van der Waals surface area (Å²) in [6, 6.07) is 12.1. The maximum absolute atomic E-state index is 6.08. The fourth-order valence-electron chi connectivity index (χ4n) is 3.29. The van der Waals surface area contributed by atoms with E-state index < -0.39 is 0 Å². The lowest BCUT2D eigenvalue weighted by Gasteiger charge is -2.33. The number of benzene rings is 1. The predicted octanol–water partition coefficient (Wildman–Crippen LogP) is 2.69. The van der Waals surface area contributed by atoms with E-state index in [1.807, 2.05) is 31.4 Å². The summed E-state index contributed by atoms with van der Waals surface area (Å²) in [6.07, 6.45) is 1.95. The molecule has 0 spiro atoms. The van der Waals surface area contributed by atoms with Gasteiger partial charge in [-0.2, -0.15) is 0 Å². The topological polar surface area (TPSA) is 47.0 Å². The molecule has 1 aromatic carbocycles. The number of halogens is 1. The molecule has 1 aliphatic rings. The van der Waals surface area contributed by atoms with Gasteiger partial charge in [0.25, 0.3) is 0 Å². The second-order valence-corrected chi connectivity index (χ2v) is 7.64. The number of aromatic nitrogens is 1. The van der Waals surface area contributed by atoms with Gasteiger partial charge in [-0.15, -0.1) is 0 Å². The quantitative estimate of drug-likeness (QED) is 0.617. The minimum atomic E-state index is 0.683. The lowest BCUT2D eigenvalue weighted by molar-refractivity contribution is 0.312. The molecule has 0 aliphatic carbocycles. The third kappa shape index (κ3) is 5.59. The molecule has 2 heterocycles. The molecule has 1 N–H and O–H groups in total. The minimum absolute atomic E-state index is 0.683. The van der Waals surface area contributed by atoms with Crippen LogP contribution < -0.4 is 10.2 Å². The van der Waals surface area contributed by atoms with Crippen LogP contribution >= 0.6 is 11.6 Å². The molecular weight excluding hydrogens is 372 g/mol. The molecule has 1 aromatic heterocycles. The molecule has 0 atom stereocenters. The average Bonchev–Trinajstić information content (AvgIpc) is 2.69. The number of hydrogen-bond donors (Lipinski definition) is 1. The largest absolute Gasteiger partial charge is 0.354 e. The van der Waals surface area contributed by atoms with Gasteiger partial charge in [-0.25, -0.2) is 4.98 Å². The van der Waals surface area contributed by atoms with Crippen LogP contribution in [0.5, 0.6) is 0 Å². The lowest BCUT2D eigenvalue weighted by Crippen LogP contribution is -2.44. The summed E-state index contributed by atoms with van der Waals surface area (Å²) in [6.45, 7) is 5.65. The van der Waals surface area contributed by atoms with Gasteiger partial charge in [0.1, 0.15) is 5.82 Å². The second-order valence-electron chi connectivity index (χ2n) is 7.20. The molecular formula is C21H29ClN6. The van der Waals surface area contributed by atoms with Crippen molar-refractivity contribution in [2.45, 2.75) is 13.1 Å². The smallest absolute Gasteiger partial charge is 0.193 e. The van der Waals surface area contributed by atoms with Crippen molar-refractivity contribution in [3.05, 3.63) is 58.7 Å². The van der Waals surface area contributed by atoms with Crippen molar-refractivity contribution < 1.29 is 0 Å². The molecule has 0 bridgehead atoms. The molecule has 0 unspecified atom stereocenters. The highest BCUT2D eigenvalue weighted by Gasteiger charge is 2.15. The highest BCUT2D eigenvalue weighted by molar-refractivity contribution is 6.30. The number of anilines is 1. The molecule has 3 rings (SSSR count). The Morgan fingerprint density at radius 3 is 2.61 bits per heavy atom. The molecule has 2 aromatic rings. The molecule has 1 saturated heterocycles. The zero-order valence-corrected chi connectivity index (χ0v) is 17.7. The first-order valence-electron chi connectivity index (χ1n) is 9.60. The van der Waals surface area contributed by atoms with Crippen molar-refractivity contribution in [3.8, 4) is 0 Å². The van der Waals surface area contributed by atoms with Gasteiger partial charge in [0.05, 0.1) is 0 Å². The van der Waals surface area contributed by atoms with Crippen LogP contribution in [0.25, 0.3) is 0 Å². The molecule has 0 amide bonds. The van der Waals surface area contributed by atoms with Crippen molar-refractivity contribution in [1.29, 1.82) is 0 Å². The maximum atomic E-state index is 6.08. The first kappa shape index (κ1) is 20.4. The normalized spacial score (nSPS) is 15.6. The number of guanidine groups is 1. The number of hydrogen-bond acceptors (Lipinski definition) is 4. The third-order valence-electron chi connectivity index (χ3n) is 4.97. The number of nitrogens with one attached hydrogen (secondary N) is 1. The van der Waals surface area contributed by atoms with E-state index in [0.29, 0.717) is 6.54 Å². The summed E-state index contributed by atoms with van der Waals surface area (Å²) in [4.78, 5) is 15.8. The minimum Gasteiger partial charge on any atom is -0.354 e. The van der Waals surface area contributed by atoms with E-state index in [2.05, 4.69) is 55.2 Å². The highest BCUT2D eigenvalue weighted by Crippen LogP contribution is 2.14. The summed E-state index contributed by atoms with van der Waals surface area (Å²) in [5.74, 6) is 1.89. The Morgan fingerprint density at radius 2 is 1.96 bits per heavy atom. The molecule has 28 heavy (non-hydrogen) atoms. The van der Waals surface area contributed by atoms with Crippen LogP contribution in [0, 0.1) is 0 Å². The van der Waals surface area contributed by atoms with Crippen LogP contribution in [0.3, 0.4) is 0 Å². The number of aliphatic imine (C=N–C) groups is 1. The van der Waals surface area contributed by atoms with Gasteiger partial charge in [-0.05, 0) is 36.4 Å². The van der Waals surface area contributed by atoms with Crippen molar-refractivity contribution in [2.75, 3.05) is 52.2 Å². The first-order chi connectivity index (χ1) is 13.5. The number of nitrogens with zero attached hydrogens (tertiary/aromatic N) is 5. The maximum Gasteiger partial charge on any atom is 0.193 e. The monoisotopic (exact) mass is 400 g/mol.